The molecule has 0 bridgehead atoms. The molecule has 1 heterocycles. The van der Waals surface area contributed by atoms with E-state index < -0.39 is 48.7 Å². The fourth-order valence-electron chi connectivity index (χ4n) is 2.29. The Labute approximate surface area is 134 Å². The smallest absolute Gasteiger partial charge is 0.302 e. The summed E-state index contributed by atoms with van der Waals surface area (Å²) in [4.78, 5) is 11.2. The Morgan fingerprint density at radius 1 is 1.00 bits per heavy atom. The van der Waals surface area contributed by atoms with Crippen LogP contribution in [-0.2, 0) is 10.1 Å². The molecule has 0 amide bonds. The number of halogens is 1. The largest absolute Gasteiger partial charge is 0.507 e. The van der Waals surface area contributed by atoms with E-state index in [2.05, 4.69) is 0 Å². The van der Waals surface area contributed by atoms with Gasteiger partial charge in [0.05, 0.1) is 0 Å². The van der Waals surface area contributed by atoms with Crippen LogP contribution >= 0.6 is 0 Å². The summed E-state index contributed by atoms with van der Waals surface area (Å²) in [6, 6.07) is 6.36. The van der Waals surface area contributed by atoms with Crippen molar-refractivity contribution in [3.05, 3.63) is 52.4 Å². The van der Waals surface area contributed by atoms with Crippen molar-refractivity contribution in [3.63, 3.8) is 0 Å². The first-order valence-corrected chi connectivity index (χ1v) is 7.88. The maximum Gasteiger partial charge on any atom is 0.302 e. The van der Waals surface area contributed by atoms with Gasteiger partial charge < -0.3 is 14.6 Å². The molecule has 0 aliphatic rings. The molecule has 124 valence electrons. The summed E-state index contributed by atoms with van der Waals surface area (Å²) >= 11 is 0. The van der Waals surface area contributed by atoms with E-state index in [1.54, 1.807) is 0 Å². The molecule has 7 nitrogen and oxygen atoms in total. The highest BCUT2D eigenvalue weighted by Gasteiger charge is 2.26. The average molecular weight is 352 g/mol. The number of aromatic hydroxyl groups is 2. The van der Waals surface area contributed by atoms with Crippen LogP contribution in [0.15, 0.2) is 50.5 Å². The van der Waals surface area contributed by atoms with E-state index in [0.29, 0.717) is 6.07 Å². The quantitative estimate of drug-likeness (QED) is 0.604. The van der Waals surface area contributed by atoms with E-state index in [4.69, 9.17) is 4.42 Å². The van der Waals surface area contributed by atoms with Gasteiger partial charge in [-0.2, -0.15) is 8.42 Å². The molecule has 0 saturated heterocycles. The Balaban J connectivity index is 2.46. The van der Waals surface area contributed by atoms with Crippen LogP contribution in [0.3, 0.4) is 0 Å². The van der Waals surface area contributed by atoms with E-state index in [9.17, 15) is 32.4 Å². The maximum absolute atomic E-state index is 13.0. The Hall–Kier alpha value is -2.91. The van der Waals surface area contributed by atoms with Gasteiger partial charge in [-0.15, -0.1) is 0 Å². The third-order valence-corrected chi connectivity index (χ3v) is 4.21. The zero-order chi connectivity index (χ0) is 17.6. The summed E-state index contributed by atoms with van der Waals surface area (Å²) in [5.41, 5.74) is -1.26. The lowest BCUT2D eigenvalue weighted by Gasteiger charge is -2.09. The SMILES string of the molecule is O=c1cc(-c2ccc(F)cc2)oc2c(S(=O)(=O)O)c(O)cc(O)c12. The Kier molecular flexibility index (Phi) is 3.54. The van der Waals surface area contributed by atoms with Crippen molar-refractivity contribution >= 4 is 21.1 Å². The third-order valence-electron chi connectivity index (χ3n) is 3.30. The minimum Gasteiger partial charge on any atom is -0.507 e. The van der Waals surface area contributed by atoms with Crippen LogP contribution in [0.5, 0.6) is 11.5 Å². The second-order valence-electron chi connectivity index (χ2n) is 4.90. The number of phenolic OH excluding ortho intramolecular Hbond substituents is 2. The molecule has 24 heavy (non-hydrogen) atoms. The molecule has 1 aromatic heterocycles. The molecule has 9 heteroatoms. The van der Waals surface area contributed by atoms with Crippen LogP contribution in [0.4, 0.5) is 4.39 Å². The van der Waals surface area contributed by atoms with Crippen LogP contribution in [0.2, 0.25) is 0 Å². The monoisotopic (exact) mass is 352 g/mol. The van der Waals surface area contributed by atoms with Crippen LogP contribution < -0.4 is 5.43 Å². The fraction of sp³-hybridized carbons (Fsp3) is 0. The van der Waals surface area contributed by atoms with Gasteiger partial charge in [-0.05, 0) is 24.3 Å². The van der Waals surface area contributed by atoms with E-state index in [0.717, 1.165) is 18.2 Å². The predicted octanol–water partition coefficient (Wildman–Crippen LogP) is 2.26. The molecule has 0 atom stereocenters. The molecule has 3 rings (SSSR count). The van der Waals surface area contributed by atoms with Gasteiger partial charge in [-0.3, -0.25) is 9.35 Å². The summed E-state index contributed by atoms with van der Waals surface area (Å²) < 4.78 is 50.5. The van der Waals surface area contributed by atoms with Crippen molar-refractivity contribution < 1.29 is 32.0 Å². The van der Waals surface area contributed by atoms with Crippen LogP contribution in [-0.4, -0.2) is 23.2 Å². The van der Waals surface area contributed by atoms with Gasteiger partial charge in [0.1, 0.15) is 28.5 Å². The lowest BCUT2D eigenvalue weighted by atomic mass is 10.1. The normalized spacial score (nSPS) is 11.8. The number of hydrogen-bond donors (Lipinski definition) is 3. The molecule has 3 aromatic rings. The van der Waals surface area contributed by atoms with Crippen LogP contribution in [0, 0.1) is 5.82 Å². The molecule has 0 unspecified atom stereocenters. The molecule has 0 aliphatic carbocycles. The first-order chi connectivity index (χ1) is 11.2. The fourth-order valence-corrected chi connectivity index (χ4v) is 2.99. The average Bonchev–Trinajstić information content (AvgIpc) is 2.45. The number of fused-ring (bicyclic) bond motifs is 1. The molecule has 0 saturated carbocycles. The molecule has 0 aliphatic heterocycles. The zero-order valence-corrected chi connectivity index (χ0v) is 12.5. The second kappa shape index (κ2) is 5.32. The highest BCUT2D eigenvalue weighted by atomic mass is 32.2. The van der Waals surface area contributed by atoms with Crippen molar-refractivity contribution in [2.24, 2.45) is 0 Å². The van der Waals surface area contributed by atoms with Crippen molar-refractivity contribution in [3.8, 4) is 22.8 Å². The number of phenols is 2. The van der Waals surface area contributed by atoms with Gasteiger partial charge in [-0.25, -0.2) is 4.39 Å². The number of hydrogen-bond acceptors (Lipinski definition) is 6. The van der Waals surface area contributed by atoms with Gasteiger partial charge in [0, 0.05) is 17.7 Å². The lowest BCUT2D eigenvalue weighted by Crippen LogP contribution is -2.06. The molecule has 3 N–H and O–H groups in total. The van der Waals surface area contributed by atoms with Gasteiger partial charge >= 0.3 is 10.1 Å². The first kappa shape index (κ1) is 16.0. The molecule has 2 aromatic carbocycles. The van der Waals surface area contributed by atoms with E-state index >= 15 is 0 Å². The topological polar surface area (TPSA) is 125 Å². The van der Waals surface area contributed by atoms with E-state index in [1.807, 2.05) is 0 Å². The number of rotatable bonds is 2. The minimum absolute atomic E-state index is 0.137. The molecular formula is C15H9FO7S. The molecule has 0 fully saturated rings. The van der Waals surface area contributed by atoms with Crippen molar-refractivity contribution in [1.29, 1.82) is 0 Å². The zero-order valence-electron chi connectivity index (χ0n) is 11.7. The van der Waals surface area contributed by atoms with Gasteiger partial charge in [0.2, 0.25) is 0 Å². The standard InChI is InChI=1S/C15H9FO7S/c16-8-3-1-7(2-4-8)12-6-10(18)13-9(17)5-11(19)15(14(13)23-12)24(20,21)22/h1-6,17,19H,(H,20,21,22). The molecule has 0 spiro atoms. The highest BCUT2D eigenvalue weighted by molar-refractivity contribution is 7.86. The summed E-state index contributed by atoms with van der Waals surface area (Å²) in [6.07, 6.45) is 0. The summed E-state index contributed by atoms with van der Waals surface area (Å²) in [5.74, 6) is -2.37. The van der Waals surface area contributed by atoms with Gasteiger partial charge in [-0.1, -0.05) is 0 Å². The minimum atomic E-state index is -4.95. The Bertz CT molecular complexity index is 1120. The Morgan fingerprint density at radius 3 is 2.21 bits per heavy atom. The molecule has 0 radical (unpaired) electrons. The van der Waals surface area contributed by atoms with E-state index in [-0.39, 0.29) is 11.3 Å². The van der Waals surface area contributed by atoms with Crippen LogP contribution in [0.1, 0.15) is 0 Å². The highest BCUT2D eigenvalue weighted by Crippen LogP contribution is 2.37. The van der Waals surface area contributed by atoms with Gasteiger partial charge in [0.25, 0.3) is 0 Å². The van der Waals surface area contributed by atoms with E-state index in [1.165, 1.54) is 12.1 Å². The van der Waals surface area contributed by atoms with Crippen molar-refractivity contribution in [1.82, 2.24) is 0 Å². The lowest BCUT2D eigenvalue weighted by molar-refractivity contribution is 0.430. The second-order valence-corrected chi connectivity index (χ2v) is 6.26. The number of benzene rings is 2. The third kappa shape index (κ3) is 2.59. The predicted molar refractivity (Wildman–Crippen MR) is 81.0 cm³/mol. The van der Waals surface area contributed by atoms with Crippen molar-refractivity contribution in [2.45, 2.75) is 4.90 Å². The summed E-state index contributed by atoms with van der Waals surface area (Å²) in [5, 5.41) is 19.0. The van der Waals surface area contributed by atoms with Gasteiger partial charge in [0.15, 0.2) is 15.9 Å². The van der Waals surface area contributed by atoms with Crippen LogP contribution in [0.25, 0.3) is 22.3 Å². The molecular weight excluding hydrogens is 343 g/mol. The first-order valence-electron chi connectivity index (χ1n) is 6.44. The van der Waals surface area contributed by atoms with Crippen molar-refractivity contribution in [2.75, 3.05) is 0 Å². The maximum atomic E-state index is 13.0. The summed E-state index contributed by atoms with van der Waals surface area (Å²) in [6.45, 7) is 0. The Morgan fingerprint density at radius 2 is 1.62 bits per heavy atom. The summed E-state index contributed by atoms with van der Waals surface area (Å²) in [7, 11) is -4.95.